The summed E-state index contributed by atoms with van der Waals surface area (Å²) in [7, 11) is 0. The van der Waals surface area contributed by atoms with Crippen LogP contribution in [0.4, 0.5) is 5.95 Å². The van der Waals surface area contributed by atoms with Crippen LogP contribution in [-0.2, 0) is 32.2 Å². The molecule has 3 heterocycles. The van der Waals surface area contributed by atoms with Crippen molar-refractivity contribution in [1.82, 2.24) is 20.2 Å². The van der Waals surface area contributed by atoms with E-state index in [4.69, 9.17) is 14.6 Å². The smallest absolute Gasteiger partial charge is 0.303 e. The van der Waals surface area contributed by atoms with Crippen molar-refractivity contribution >= 4 is 17.8 Å². The number of carboxylic acids is 1. The molecule has 11 nitrogen and oxygen atoms in total. The van der Waals surface area contributed by atoms with E-state index in [9.17, 15) is 14.7 Å². The SMILES string of the molecule is C[C@H]1[C@@H](CN2CCN(c3ncccn3)CC2)O[C@@H](c2ccc(CNC(=O)CCCC(=O)O)cc2)O[C@H]1c1ccc(CO)cc1. The van der Waals surface area contributed by atoms with E-state index in [1.165, 1.54) is 0 Å². The van der Waals surface area contributed by atoms with E-state index in [1.807, 2.05) is 54.6 Å². The zero-order valence-electron chi connectivity index (χ0n) is 25.0. The summed E-state index contributed by atoms with van der Waals surface area (Å²) in [5, 5.41) is 21.1. The number of aliphatic carboxylic acids is 1. The van der Waals surface area contributed by atoms with Gasteiger partial charge in [-0.15, -0.1) is 0 Å². The topological polar surface area (TPSA) is 137 Å². The lowest BCUT2D eigenvalue weighted by Crippen LogP contribution is -2.51. The number of rotatable bonds is 12. The van der Waals surface area contributed by atoms with Crippen molar-refractivity contribution in [3.8, 4) is 0 Å². The summed E-state index contributed by atoms with van der Waals surface area (Å²) in [5.41, 5.74) is 3.71. The van der Waals surface area contributed by atoms with Gasteiger partial charge in [-0.25, -0.2) is 9.97 Å². The van der Waals surface area contributed by atoms with Crippen LogP contribution in [0.5, 0.6) is 0 Å². The van der Waals surface area contributed by atoms with Crippen molar-refractivity contribution in [2.24, 2.45) is 5.92 Å². The minimum atomic E-state index is -0.901. The molecule has 3 aromatic rings. The van der Waals surface area contributed by atoms with Gasteiger partial charge in [-0.2, -0.15) is 0 Å². The first kappa shape index (κ1) is 31.5. The maximum atomic E-state index is 12.1. The van der Waals surface area contributed by atoms with E-state index in [1.54, 1.807) is 12.4 Å². The van der Waals surface area contributed by atoms with Gasteiger partial charge in [0.2, 0.25) is 11.9 Å². The van der Waals surface area contributed by atoms with Crippen molar-refractivity contribution in [3.05, 3.63) is 89.2 Å². The fourth-order valence-electron chi connectivity index (χ4n) is 5.65. The summed E-state index contributed by atoms with van der Waals surface area (Å²) in [6.45, 7) is 6.72. The maximum absolute atomic E-state index is 12.1. The molecule has 234 valence electrons. The highest BCUT2D eigenvalue weighted by Gasteiger charge is 2.39. The van der Waals surface area contributed by atoms with Gasteiger partial charge >= 0.3 is 5.97 Å². The Bertz CT molecular complexity index is 1350. The molecule has 2 aromatic carbocycles. The number of carboxylic acid groups (broad SMARTS) is 1. The molecule has 0 spiro atoms. The number of aromatic nitrogens is 2. The molecule has 1 amide bonds. The van der Waals surface area contributed by atoms with Crippen LogP contribution in [0.2, 0.25) is 0 Å². The monoisotopic (exact) mass is 603 g/mol. The van der Waals surface area contributed by atoms with Gasteiger partial charge in [-0.3, -0.25) is 14.5 Å². The molecule has 4 atom stereocenters. The Labute approximate surface area is 257 Å². The van der Waals surface area contributed by atoms with Crippen molar-refractivity contribution in [2.75, 3.05) is 37.6 Å². The van der Waals surface area contributed by atoms with Crippen LogP contribution < -0.4 is 10.2 Å². The summed E-state index contributed by atoms with van der Waals surface area (Å²) in [6.07, 6.45) is 3.17. The molecule has 2 saturated heterocycles. The standard InChI is InChI=1S/C33H41N5O6/c1-23-28(21-37-16-18-38(19-17-37)33-34-14-3-15-35-33)43-32(44-31(23)26-10-8-25(22-39)9-11-26)27-12-6-24(7-13-27)20-36-29(40)4-2-5-30(41)42/h3,6-15,23,28,31-32,39H,2,4-5,16-22H2,1H3,(H,36,40)(H,41,42)/t23-,28+,31+,32+/m0/s1. The maximum Gasteiger partial charge on any atom is 0.303 e. The predicted molar refractivity (Wildman–Crippen MR) is 163 cm³/mol. The zero-order chi connectivity index (χ0) is 30.9. The molecule has 3 N–H and O–H groups in total. The van der Waals surface area contributed by atoms with Crippen molar-refractivity contribution in [2.45, 2.75) is 57.8 Å². The first-order valence-electron chi connectivity index (χ1n) is 15.2. The summed E-state index contributed by atoms with van der Waals surface area (Å²) in [5.74, 6) is -0.228. The zero-order valence-corrected chi connectivity index (χ0v) is 25.0. The lowest BCUT2D eigenvalue weighted by Gasteiger charge is -2.44. The summed E-state index contributed by atoms with van der Waals surface area (Å²) < 4.78 is 13.2. The number of carbonyl (C=O) groups is 2. The molecule has 0 unspecified atom stereocenters. The Hall–Kier alpha value is -3.90. The molecular weight excluding hydrogens is 562 g/mol. The van der Waals surface area contributed by atoms with E-state index >= 15 is 0 Å². The number of amides is 1. The molecule has 11 heteroatoms. The average Bonchev–Trinajstić information content (AvgIpc) is 3.05. The van der Waals surface area contributed by atoms with Crippen LogP contribution in [0.1, 0.15) is 60.8 Å². The third-order valence-corrected chi connectivity index (χ3v) is 8.30. The molecule has 0 radical (unpaired) electrons. The molecule has 0 saturated carbocycles. The van der Waals surface area contributed by atoms with Crippen molar-refractivity contribution in [3.63, 3.8) is 0 Å². The predicted octanol–water partition coefficient (Wildman–Crippen LogP) is 3.45. The third kappa shape index (κ3) is 8.38. The molecular formula is C33H41N5O6. The average molecular weight is 604 g/mol. The minimum Gasteiger partial charge on any atom is -0.481 e. The molecule has 0 bridgehead atoms. The van der Waals surface area contributed by atoms with E-state index in [-0.39, 0.29) is 43.5 Å². The quantitative estimate of drug-likeness (QED) is 0.282. The molecule has 2 fully saturated rings. The Morgan fingerprint density at radius 3 is 2.23 bits per heavy atom. The van der Waals surface area contributed by atoms with Crippen LogP contribution in [0.25, 0.3) is 0 Å². The number of aliphatic hydroxyl groups is 1. The molecule has 44 heavy (non-hydrogen) atoms. The number of benzene rings is 2. The van der Waals surface area contributed by atoms with Crippen LogP contribution in [0.15, 0.2) is 67.0 Å². The van der Waals surface area contributed by atoms with Gasteiger partial charge in [0.1, 0.15) is 0 Å². The molecule has 1 aromatic heterocycles. The number of hydrogen-bond acceptors (Lipinski definition) is 9. The number of ether oxygens (including phenoxy) is 2. The number of carbonyl (C=O) groups excluding carboxylic acids is 1. The number of piperazine rings is 1. The van der Waals surface area contributed by atoms with Crippen molar-refractivity contribution < 1.29 is 29.3 Å². The molecule has 0 aliphatic carbocycles. The van der Waals surface area contributed by atoms with Crippen LogP contribution in [-0.4, -0.2) is 75.8 Å². The normalized spacial score (nSPS) is 22.5. The van der Waals surface area contributed by atoms with Gasteiger partial charge in [0, 0.05) is 76.0 Å². The Morgan fingerprint density at radius 2 is 1.57 bits per heavy atom. The second kappa shape index (κ2) is 15.2. The van der Waals surface area contributed by atoms with Gasteiger partial charge < -0.3 is 29.9 Å². The number of nitrogens with zero attached hydrogens (tertiary/aromatic N) is 4. The van der Waals surface area contributed by atoms with Crippen LogP contribution in [0, 0.1) is 5.92 Å². The van der Waals surface area contributed by atoms with Gasteiger partial charge in [-0.05, 0) is 29.2 Å². The highest BCUT2D eigenvalue weighted by atomic mass is 16.7. The first-order valence-corrected chi connectivity index (χ1v) is 15.2. The number of aliphatic hydroxyl groups excluding tert-OH is 1. The largest absolute Gasteiger partial charge is 0.481 e. The van der Waals surface area contributed by atoms with Crippen LogP contribution >= 0.6 is 0 Å². The van der Waals surface area contributed by atoms with E-state index in [2.05, 4.69) is 32.0 Å². The molecule has 2 aliphatic heterocycles. The highest BCUT2D eigenvalue weighted by molar-refractivity contribution is 5.76. The lowest BCUT2D eigenvalue weighted by atomic mass is 9.90. The molecule has 2 aliphatic rings. The second-order valence-corrected chi connectivity index (χ2v) is 11.4. The summed E-state index contributed by atoms with van der Waals surface area (Å²) in [6, 6.07) is 17.6. The fraction of sp³-hybridized carbons (Fsp3) is 0.455. The van der Waals surface area contributed by atoms with Gasteiger partial charge in [0.05, 0.1) is 18.8 Å². The number of nitrogens with one attached hydrogen (secondary N) is 1. The lowest BCUT2D eigenvalue weighted by molar-refractivity contribution is -0.276. The molecule has 5 rings (SSSR count). The first-order chi connectivity index (χ1) is 21.4. The Balaban J connectivity index is 1.24. The number of hydrogen-bond donors (Lipinski definition) is 3. The van der Waals surface area contributed by atoms with Gasteiger partial charge in [0.25, 0.3) is 0 Å². The summed E-state index contributed by atoms with van der Waals surface area (Å²) >= 11 is 0. The van der Waals surface area contributed by atoms with Crippen LogP contribution in [0.3, 0.4) is 0 Å². The third-order valence-electron chi connectivity index (χ3n) is 8.30. The second-order valence-electron chi connectivity index (χ2n) is 11.4. The van der Waals surface area contributed by atoms with E-state index < -0.39 is 12.3 Å². The minimum absolute atomic E-state index is 0.00907. The van der Waals surface area contributed by atoms with Gasteiger partial charge in [0.15, 0.2) is 6.29 Å². The van der Waals surface area contributed by atoms with Gasteiger partial charge in [-0.1, -0.05) is 55.5 Å². The van der Waals surface area contributed by atoms with E-state index in [0.29, 0.717) is 13.0 Å². The fourth-order valence-corrected chi connectivity index (χ4v) is 5.65. The number of anilines is 1. The summed E-state index contributed by atoms with van der Waals surface area (Å²) in [4.78, 5) is 36.2. The van der Waals surface area contributed by atoms with Crippen molar-refractivity contribution in [1.29, 1.82) is 0 Å². The van der Waals surface area contributed by atoms with E-state index in [0.717, 1.165) is 60.9 Å². The highest BCUT2D eigenvalue weighted by Crippen LogP contribution is 2.42. The Kier molecular flexibility index (Phi) is 10.9. The Morgan fingerprint density at radius 1 is 0.909 bits per heavy atom.